The van der Waals surface area contributed by atoms with Gasteiger partial charge < -0.3 is 9.15 Å². The molecule has 2 aromatic rings. The number of furan rings is 1. The summed E-state index contributed by atoms with van der Waals surface area (Å²) in [5, 5.41) is 0. The fourth-order valence-corrected chi connectivity index (χ4v) is 1.63. The molecule has 0 atom stereocenters. The summed E-state index contributed by atoms with van der Waals surface area (Å²) in [6.07, 6.45) is 0.693. The third-order valence-corrected chi connectivity index (χ3v) is 2.65. The molecule has 3 nitrogen and oxygen atoms in total. The van der Waals surface area contributed by atoms with Crippen LogP contribution in [0.3, 0.4) is 0 Å². The highest BCUT2D eigenvalue weighted by Gasteiger charge is 2.17. The van der Waals surface area contributed by atoms with Gasteiger partial charge in [-0.3, -0.25) is 4.79 Å². The standard InChI is InChI=1S/C14H13FO3/c1-3-9-5-7-13(18-9)14(16)11-6-4-10(17-2)8-12(11)15/h4-8H,3H2,1-2H3. The summed E-state index contributed by atoms with van der Waals surface area (Å²) in [6.45, 7) is 1.92. The summed E-state index contributed by atoms with van der Waals surface area (Å²) in [7, 11) is 1.44. The molecule has 1 aromatic carbocycles. The van der Waals surface area contributed by atoms with Crippen LogP contribution in [0.1, 0.15) is 28.8 Å². The van der Waals surface area contributed by atoms with Crippen molar-refractivity contribution >= 4 is 5.78 Å². The van der Waals surface area contributed by atoms with Crippen LogP contribution in [0.5, 0.6) is 5.75 Å². The van der Waals surface area contributed by atoms with E-state index >= 15 is 0 Å². The van der Waals surface area contributed by atoms with E-state index in [1.807, 2.05) is 6.92 Å². The maximum Gasteiger partial charge on any atom is 0.231 e. The van der Waals surface area contributed by atoms with Gasteiger partial charge in [-0.25, -0.2) is 4.39 Å². The first-order valence-electron chi connectivity index (χ1n) is 5.62. The van der Waals surface area contributed by atoms with Crippen molar-refractivity contribution in [3.63, 3.8) is 0 Å². The lowest BCUT2D eigenvalue weighted by Crippen LogP contribution is -2.03. The lowest BCUT2D eigenvalue weighted by Gasteiger charge is -2.03. The minimum Gasteiger partial charge on any atom is -0.497 e. The molecule has 94 valence electrons. The number of hydrogen-bond donors (Lipinski definition) is 0. The first-order valence-corrected chi connectivity index (χ1v) is 5.62. The number of halogens is 1. The van der Waals surface area contributed by atoms with E-state index in [4.69, 9.17) is 9.15 Å². The SMILES string of the molecule is CCc1ccc(C(=O)c2ccc(OC)cc2F)o1. The summed E-state index contributed by atoms with van der Waals surface area (Å²) in [5.41, 5.74) is -0.0206. The number of carbonyl (C=O) groups excluding carboxylic acids is 1. The highest BCUT2D eigenvalue weighted by atomic mass is 19.1. The van der Waals surface area contributed by atoms with Crippen molar-refractivity contribution in [2.24, 2.45) is 0 Å². The number of methoxy groups -OCH3 is 1. The number of carbonyl (C=O) groups is 1. The van der Waals surface area contributed by atoms with Crippen LogP contribution in [0.4, 0.5) is 4.39 Å². The fraction of sp³-hybridized carbons (Fsp3) is 0.214. The van der Waals surface area contributed by atoms with E-state index in [2.05, 4.69) is 0 Å². The second-order valence-electron chi connectivity index (χ2n) is 3.79. The Morgan fingerprint density at radius 1 is 1.33 bits per heavy atom. The van der Waals surface area contributed by atoms with Crippen molar-refractivity contribution in [3.05, 3.63) is 53.2 Å². The van der Waals surface area contributed by atoms with Gasteiger partial charge in [-0.15, -0.1) is 0 Å². The van der Waals surface area contributed by atoms with E-state index in [1.165, 1.54) is 19.2 Å². The Hall–Kier alpha value is -2.10. The van der Waals surface area contributed by atoms with Crippen LogP contribution in [0.15, 0.2) is 34.7 Å². The van der Waals surface area contributed by atoms with Crippen molar-refractivity contribution in [2.75, 3.05) is 7.11 Å². The van der Waals surface area contributed by atoms with Crippen molar-refractivity contribution in [2.45, 2.75) is 13.3 Å². The zero-order chi connectivity index (χ0) is 13.1. The quantitative estimate of drug-likeness (QED) is 0.780. The smallest absolute Gasteiger partial charge is 0.231 e. The zero-order valence-electron chi connectivity index (χ0n) is 10.2. The predicted octanol–water partition coefficient (Wildman–Crippen LogP) is 3.22. The summed E-state index contributed by atoms with van der Waals surface area (Å²) < 4.78 is 23.9. The molecule has 4 heteroatoms. The third kappa shape index (κ3) is 2.27. The number of benzene rings is 1. The lowest BCUT2D eigenvalue weighted by atomic mass is 10.1. The monoisotopic (exact) mass is 248 g/mol. The molecule has 1 aromatic heterocycles. The van der Waals surface area contributed by atoms with Gasteiger partial charge in [0.25, 0.3) is 0 Å². The first kappa shape index (κ1) is 12.4. The summed E-state index contributed by atoms with van der Waals surface area (Å²) in [6, 6.07) is 7.39. The van der Waals surface area contributed by atoms with E-state index in [0.29, 0.717) is 17.9 Å². The number of ether oxygens (including phenoxy) is 1. The molecule has 0 aliphatic heterocycles. The Labute approximate surface area is 104 Å². The number of ketones is 1. The highest BCUT2D eigenvalue weighted by molar-refractivity contribution is 6.07. The fourth-order valence-electron chi connectivity index (χ4n) is 1.63. The molecule has 0 N–H and O–H groups in total. The largest absolute Gasteiger partial charge is 0.497 e. The number of aryl methyl sites for hydroxylation is 1. The first-order chi connectivity index (χ1) is 8.65. The van der Waals surface area contributed by atoms with Crippen LogP contribution in [0, 0.1) is 5.82 Å². The Kier molecular flexibility index (Phi) is 3.46. The molecule has 0 fully saturated rings. The summed E-state index contributed by atoms with van der Waals surface area (Å²) >= 11 is 0. The van der Waals surface area contributed by atoms with Gasteiger partial charge in [-0.1, -0.05) is 6.92 Å². The van der Waals surface area contributed by atoms with Crippen LogP contribution >= 0.6 is 0 Å². The Morgan fingerprint density at radius 3 is 2.67 bits per heavy atom. The van der Waals surface area contributed by atoms with Crippen LogP contribution in [-0.2, 0) is 6.42 Å². The lowest BCUT2D eigenvalue weighted by molar-refractivity contribution is 0.100. The van der Waals surface area contributed by atoms with Crippen molar-refractivity contribution in [1.82, 2.24) is 0 Å². The van der Waals surface area contributed by atoms with Gasteiger partial charge in [0.15, 0.2) is 5.76 Å². The van der Waals surface area contributed by atoms with Gasteiger partial charge >= 0.3 is 0 Å². The molecule has 0 aliphatic carbocycles. The maximum absolute atomic E-state index is 13.7. The number of rotatable bonds is 4. The third-order valence-electron chi connectivity index (χ3n) is 2.65. The van der Waals surface area contributed by atoms with Crippen molar-refractivity contribution in [3.8, 4) is 5.75 Å². The molecule has 0 amide bonds. The molecule has 2 rings (SSSR count). The van der Waals surface area contributed by atoms with Gasteiger partial charge in [-0.2, -0.15) is 0 Å². The summed E-state index contributed by atoms with van der Waals surface area (Å²) in [4.78, 5) is 12.0. The molecule has 0 spiro atoms. The molecule has 0 radical (unpaired) electrons. The molecule has 0 bridgehead atoms. The molecule has 0 saturated carbocycles. The minimum absolute atomic E-state index is 0.0206. The molecular formula is C14H13FO3. The Balaban J connectivity index is 2.33. The van der Waals surface area contributed by atoms with Crippen LogP contribution in [0.2, 0.25) is 0 Å². The van der Waals surface area contributed by atoms with E-state index < -0.39 is 11.6 Å². The van der Waals surface area contributed by atoms with Crippen LogP contribution in [-0.4, -0.2) is 12.9 Å². The van der Waals surface area contributed by atoms with Crippen molar-refractivity contribution in [1.29, 1.82) is 0 Å². The second kappa shape index (κ2) is 5.04. The molecule has 0 unspecified atom stereocenters. The average molecular weight is 248 g/mol. The topological polar surface area (TPSA) is 39.4 Å². The van der Waals surface area contributed by atoms with Gasteiger partial charge in [-0.05, 0) is 24.3 Å². The maximum atomic E-state index is 13.7. The van der Waals surface area contributed by atoms with Crippen LogP contribution < -0.4 is 4.74 Å². The second-order valence-corrected chi connectivity index (χ2v) is 3.79. The number of hydrogen-bond acceptors (Lipinski definition) is 3. The normalized spacial score (nSPS) is 10.4. The van der Waals surface area contributed by atoms with E-state index in [-0.39, 0.29) is 11.3 Å². The molecule has 0 saturated heterocycles. The predicted molar refractivity (Wildman–Crippen MR) is 64.5 cm³/mol. The van der Waals surface area contributed by atoms with Gasteiger partial charge in [0, 0.05) is 12.5 Å². The van der Waals surface area contributed by atoms with Gasteiger partial charge in [0.1, 0.15) is 17.3 Å². The van der Waals surface area contributed by atoms with E-state index in [9.17, 15) is 9.18 Å². The van der Waals surface area contributed by atoms with E-state index in [1.54, 1.807) is 18.2 Å². The minimum atomic E-state index is -0.617. The zero-order valence-corrected chi connectivity index (χ0v) is 10.2. The Bertz CT molecular complexity index is 572. The summed E-state index contributed by atoms with van der Waals surface area (Å²) in [5.74, 6) is 0.143. The molecule has 1 heterocycles. The van der Waals surface area contributed by atoms with E-state index in [0.717, 1.165) is 0 Å². The Morgan fingerprint density at radius 2 is 2.11 bits per heavy atom. The van der Waals surface area contributed by atoms with Gasteiger partial charge in [0.2, 0.25) is 5.78 Å². The average Bonchev–Trinajstić information content (AvgIpc) is 2.86. The molecule has 18 heavy (non-hydrogen) atoms. The van der Waals surface area contributed by atoms with Crippen LogP contribution in [0.25, 0.3) is 0 Å². The van der Waals surface area contributed by atoms with Gasteiger partial charge in [0.05, 0.1) is 12.7 Å². The van der Waals surface area contributed by atoms with Crippen molar-refractivity contribution < 1.29 is 18.3 Å². The highest BCUT2D eigenvalue weighted by Crippen LogP contribution is 2.20. The molecular weight excluding hydrogens is 235 g/mol. The molecule has 0 aliphatic rings.